The van der Waals surface area contributed by atoms with E-state index in [9.17, 15) is 5.11 Å². The summed E-state index contributed by atoms with van der Waals surface area (Å²) in [5.41, 5.74) is 3.79. The maximum Gasteiger partial charge on any atom is 0.140 e. The van der Waals surface area contributed by atoms with Crippen LogP contribution in [-0.4, -0.2) is 47.4 Å². The molecule has 0 atom stereocenters. The van der Waals surface area contributed by atoms with Crippen LogP contribution in [0.3, 0.4) is 0 Å². The van der Waals surface area contributed by atoms with E-state index >= 15 is 0 Å². The lowest BCUT2D eigenvalue weighted by Gasteiger charge is -2.32. The van der Waals surface area contributed by atoms with E-state index in [0.717, 1.165) is 25.7 Å². The Morgan fingerprint density at radius 1 is 0.500 bits per heavy atom. The molecule has 0 radical (unpaired) electrons. The van der Waals surface area contributed by atoms with Crippen LogP contribution in [0, 0.1) is 0 Å². The summed E-state index contributed by atoms with van der Waals surface area (Å²) in [6.07, 6.45) is 0. The highest BCUT2D eigenvalue weighted by Crippen LogP contribution is 2.38. The zero-order chi connectivity index (χ0) is 20.6. The molecule has 3 aromatic carbocycles. The molecule has 0 heterocycles. The third kappa shape index (κ3) is 3.88. The van der Waals surface area contributed by atoms with Gasteiger partial charge in [0.2, 0.25) is 0 Å². The van der Waals surface area contributed by atoms with Crippen LogP contribution in [0.25, 0.3) is 0 Å². The Labute approximate surface area is 169 Å². The predicted molar refractivity (Wildman–Crippen MR) is 121 cm³/mol. The topological polar surface area (TPSA) is 20.2 Å². The second-order valence-corrected chi connectivity index (χ2v) is 9.20. The van der Waals surface area contributed by atoms with Gasteiger partial charge in [-0.2, -0.15) is 0 Å². The fraction of sp³-hybridized carbons (Fsp3) is 0.280. The molecule has 0 unspecified atom stereocenters. The Morgan fingerprint density at radius 3 is 1.14 bits per heavy atom. The maximum atomic E-state index is 12.0. The van der Waals surface area contributed by atoms with E-state index in [1.54, 1.807) is 0 Å². The molecule has 0 aliphatic rings. The van der Waals surface area contributed by atoms with Crippen molar-refractivity contribution >= 4 is 11.4 Å². The Hall–Kier alpha value is -2.46. The first-order valence-electron chi connectivity index (χ1n) is 9.66. The largest absolute Gasteiger partial charge is 0.376 e. The van der Waals surface area contributed by atoms with Gasteiger partial charge in [-0.1, -0.05) is 30.3 Å². The van der Waals surface area contributed by atoms with Gasteiger partial charge in [0.15, 0.2) is 0 Å². The Kier molecular flexibility index (Phi) is 5.20. The zero-order valence-corrected chi connectivity index (χ0v) is 17.8. The summed E-state index contributed by atoms with van der Waals surface area (Å²) in [5, 5.41) is 12.0. The molecule has 146 valence electrons. The Bertz CT molecular complexity index is 858. The standard InChI is InChI=1S/C25H32N2O/c1-26(2,3)23-16-12-21(13-17-23)25(28,20-10-8-7-9-11-20)22-14-18-24(19-15-22)27(4,5)6/h7-19,28H,1-6H3/q+2. The van der Waals surface area contributed by atoms with Crippen LogP contribution in [0.15, 0.2) is 78.9 Å². The molecule has 0 bridgehead atoms. The summed E-state index contributed by atoms with van der Waals surface area (Å²) in [4.78, 5) is 0. The van der Waals surface area contributed by atoms with Crippen LogP contribution >= 0.6 is 0 Å². The molecule has 3 nitrogen and oxygen atoms in total. The van der Waals surface area contributed by atoms with Gasteiger partial charge >= 0.3 is 0 Å². The van der Waals surface area contributed by atoms with E-state index in [2.05, 4.69) is 66.6 Å². The highest BCUT2D eigenvalue weighted by molar-refractivity contribution is 5.53. The zero-order valence-electron chi connectivity index (χ0n) is 17.8. The summed E-state index contributed by atoms with van der Waals surface area (Å²) in [6.45, 7) is 0. The van der Waals surface area contributed by atoms with Crippen molar-refractivity contribution in [3.63, 3.8) is 0 Å². The van der Waals surface area contributed by atoms with Gasteiger partial charge in [0.05, 0.1) is 42.3 Å². The van der Waals surface area contributed by atoms with Gasteiger partial charge < -0.3 is 5.11 Å². The molecule has 0 aromatic heterocycles. The average molecular weight is 377 g/mol. The van der Waals surface area contributed by atoms with Crippen molar-refractivity contribution in [1.82, 2.24) is 8.97 Å². The van der Waals surface area contributed by atoms with Crippen molar-refractivity contribution in [1.29, 1.82) is 0 Å². The fourth-order valence-electron chi connectivity index (χ4n) is 3.48. The first-order chi connectivity index (χ1) is 13.0. The van der Waals surface area contributed by atoms with Crippen LogP contribution in [0.5, 0.6) is 0 Å². The summed E-state index contributed by atoms with van der Waals surface area (Å²) in [6, 6.07) is 26.5. The average Bonchev–Trinajstić information content (AvgIpc) is 2.67. The highest BCUT2D eigenvalue weighted by Gasteiger charge is 2.34. The minimum atomic E-state index is -1.20. The van der Waals surface area contributed by atoms with Gasteiger partial charge in [-0.25, -0.2) is 0 Å². The van der Waals surface area contributed by atoms with Crippen LogP contribution in [0.1, 0.15) is 16.7 Å². The van der Waals surface area contributed by atoms with Crippen LogP contribution < -0.4 is 8.97 Å². The first kappa shape index (κ1) is 20.3. The number of aliphatic hydroxyl groups is 1. The van der Waals surface area contributed by atoms with Crippen LogP contribution in [-0.2, 0) is 5.60 Å². The minimum absolute atomic E-state index is 0.738. The second-order valence-electron chi connectivity index (χ2n) is 9.20. The quantitative estimate of drug-likeness (QED) is 0.518. The summed E-state index contributed by atoms with van der Waals surface area (Å²) < 4.78 is 1.48. The van der Waals surface area contributed by atoms with E-state index in [1.165, 1.54) is 11.4 Å². The number of nitrogens with zero attached hydrogens (tertiary/aromatic N) is 2. The first-order valence-corrected chi connectivity index (χ1v) is 9.66. The van der Waals surface area contributed by atoms with Gasteiger partial charge in [0.1, 0.15) is 17.0 Å². The molecule has 3 aromatic rings. The van der Waals surface area contributed by atoms with Gasteiger partial charge in [0, 0.05) is 0 Å². The molecule has 0 saturated heterocycles. The fourth-order valence-corrected chi connectivity index (χ4v) is 3.48. The maximum absolute atomic E-state index is 12.0. The second kappa shape index (κ2) is 7.17. The molecule has 28 heavy (non-hydrogen) atoms. The van der Waals surface area contributed by atoms with Crippen molar-refractivity contribution < 1.29 is 5.11 Å². The lowest BCUT2D eigenvalue weighted by atomic mass is 9.80. The van der Waals surface area contributed by atoms with Crippen LogP contribution in [0.2, 0.25) is 0 Å². The Balaban J connectivity index is 2.14. The normalized spacial score (nSPS) is 12.8. The van der Waals surface area contributed by atoms with Gasteiger partial charge in [-0.3, -0.25) is 8.97 Å². The molecule has 1 N–H and O–H groups in total. The molecule has 0 aliphatic carbocycles. The third-order valence-electron chi connectivity index (χ3n) is 5.31. The smallest absolute Gasteiger partial charge is 0.140 e. The predicted octanol–water partition coefficient (Wildman–Crippen LogP) is 4.36. The molecular weight excluding hydrogens is 344 g/mol. The molecule has 0 fully saturated rings. The molecular formula is C25H32N2O+2. The molecule has 0 saturated carbocycles. The lowest BCUT2D eigenvalue weighted by molar-refractivity contribution is 0.125. The number of hydrogen-bond donors (Lipinski definition) is 1. The van der Waals surface area contributed by atoms with Crippen molar-refractivity contribution in [3.05, 3.63) is 95.6 Å². The third-order valence-corrected chi connectivity index (χ3v) is 5.31. The van der Waals surface area contributed by atoms with Crippen molar-refractivity contribution in [2.75, 3.05) is 42.3 Å². The summed E-state index contributed by atoms with van der Waals surface area (Å²) >= 11 is 0. The molecule has 0 amide bonds. The van der Waals surface area contributed by atoms with Crippen molar-refractivity contribution in [3.8, 4) is 0 Å². The van der Waals surface area contributed by atoms with Gasteiger partial charge in [-0.15, -0.1) is 0 Å². The number of benzene rings is 3. The van der Waals surface area contributed by atoms with E-state index in [-0.39, 0.29) is 0 Å². The van der Waals surface area contributed by atoms with Crippen LogP contribution in [0.4, 0.5) is 11.4 Å². The van der Waals surface area contributed by atoms with Gasteiger partial charge in [-0.05, 0) is 65.2 Å². The highest BCUT2D eigenvalue weighted by atomic mass is 16.3. The van der Waals surface area contributed by atoms with E-state index in [4.69, 9.17) is 0 Å². The monoisotopic (exact) mass is 376 g/mol. The van der Waals surface area contributed by atoms with Crippen molar-refractivity contribution in [2.24, 2.45) is 0 Å². The number of quaternary nitrogens is 2. The molecule has 3 heteroatoms. The van der Waals surface area contributed by atoms with Crippen molar-refractivity contribution in [2.45, 2.75) is 5.60 Å². The minimum Gasteiger partial charge on any atom is -0.376 e. The van der Waals surface area contributed by atoms with Gasteiger partial charge in [0.25, 0.3) is 0 Å². The van der Waals surface area contributed by atoms with E-state index < -0.39 is 5.60 Å². The number of hydrogen-bond acceptors (Lipinski definition) is 1. The molecule has 3 rings (SSSR count). The van der Waals surface area contributed by atoms with E-state index in [1.807, 2.05) is 54.6 Å². The lowest BCUT2D eigenvalue weighted by Crippen LogP contribution is -2.35. The summed E-state index contributed by atoms with van der Waals surface area (Å²) in [5.74, 6) is 0. The molecule has 0 spiro atoms. The SMILES string of the molecule is C[N+](C)(C)c1ccc(C(O)(c2ccccc2)c2ccc([N+](C)(C)C)cc2)cc1. The summed E-state index contributed by atoms with van der Waals surface area (Å²) in [7, 11) is 12.8. The Morgan fingerprint density at radius 2 is 0.821 bits per heavy atom. The van der Waals surface area contributed by atoms with E-state index in [0.29, 0.717) is 0 Å². The molecule has 0 aliphatic heterocycles. The number of rotatable bonds is 5.